The molecule has 0 aliphatic carbocycles. The van der Waals surface area contributed by atoms with E-state index in [1.807, 2.05) is 0 Å². The molecule has 0 spiro atoms. The number of hydrogen-bond donors (Lipinski definition) is 3. The number of carbonyl (C=O) groups excluding carboxylic acids is 1. The van der Waals surface area contributed by atoms with Gasteiger partial charge in [-0.2, -0.15) is 8.42 Å². The molecule has 0 unspecified atom stereocenters. The van der Waals surface area contributed by atoms with Crippen LogP contribution in [0.15, 0.2) is 24.3 Å². The van der Waals surface area contributed by atoms with Gasteiger partial charge in [-0.25, -0.2) is 4.79 Å². The smallest absolute Gasteiger partial charge is 0.324 e. The van der Waals surface area contributed by atoms with Gasteiger partial charge in [0.1, 0.15) is 0 Å². The first-order valence-corrected chi connectivity index (χ1v) is 5.07. The summed E-state index contributed by atoms with van der Waals surface area (Å²) in [5.74, 6) is 3.91. The van der Waals surface area contributed by atoms with Crippen LogP contribution in [0.4, 0.5) is 5.69 Å². The van der Waals surface area contributed by atoms with E-state index in [1.54, 1.807) is 0 Å². The summed E-state index contributed by atoms with van der Waals surface area (Å²) in [6.07, 6.45) is 0. The Morgan fingerprint density at radius 2 is 1.87 bits per heavy atom. The Morgan fingerprint density at radius 3 is 2.27 bits per heavy atom. The van der Waals surface area contributed by atoms with Crippen LogP contribution in [0.25, 0.3) is 0 Å². The van der Waals surface area contributed by atoms with Gasteiger partial charge in [-0.15, -0.1) is 0 Å². The maximum absolute atomic E-state index is 11.0. The fraction of sp³-hybridized carbons (Fsp3) is 0. The predicted molar refractivity (Wildman–Crippen MR) is 51.2 cm³/mol. The predicted octanol–water partition coefficient (Wildman–Crippen LogP) is -0.0682. The molecule has 0 bridgehead atoms. The number of rotatable bonds is 3. The van der Waals surface area contributed by atoms with Crippen molar-refractivity contribution in [3.63, 3.8) is 0 Å². The first-order valence-electron chi connectivity index (χ1n) is 3.70. The number of nitrogen functional groups attached to an aromatic ring is 1. The van der Waals surface area contributed by atoms with Crippen molar-refractivity contribution in [2.75, 3.05) is 5.43 Å². The fourth-order valence-electron chi connectivity index (χ4n) is 0.846. The Morgan fingerprint density at radius 1 is 1.33 bits per heavy atom. The molecule has 0 fully saturated rings. The summed E-state index contributed by atoms with van der Waals surface area (Å²) in [5, 5.41) is 0. The summed E-state index contributed by atoms with van der Waals surface area (Å²) in [6.45, 7) is 0. The molecule has 0 saturated heterocycles. The monoisotopic (exact) mass is 232 g/mol. The van der Waals surface area contributed by atoms with Gasteiger partial charge in [0.25, 0.3) is 0 Å². The molecule has 4 N–H and O–H groups in total. The maximum atomic E-state index is 11.0. The topological polar surface area (TPSA) is 119 Å². The maximum Gasteiger partial charge on any atom is 0.449 e. The molecule has 1 aromatic rings. The quantitative estimate of drug-likeness (QED) is 0.379. The van der Waals surface area contributed by atoms with Crippen LogP contribution in [-0.4, -0.2) is 18.9 Å². The summed E-state index contributed by atoms with van der Waals surface area (Å²) in [4.78, 5) is 11.0. The van der Waals surface area contributed by atoms with E-state index in [2.05, 4.69) is 9.61 Å². The third kappa shape index (κ3) is 3.54. The minimum atomic E-state index is -4.78. The minimum Gasteiger partial charge on any atom is -0.324 e. The number of carbonyl (C=O) groups is 1. The zero-order chi connectivity index (χ0) is 11.5. The van der Waals surface area contributed by atoms with E-state index < -0.39 is 16.4 Å². The van der Waals surface area contributed by atoms with Crippen LogP contribution in [-0.2, 0) is 14.6 Å². The van der Waals surface area contributed by atoms with E-state index in [4.69, 9.17) is 10.4 Å². The summed E-state index contributed by atoms with van der Waals surface area (Å²) < 4.78 is 32.4. The van der Waals surface area contributed by atoms with Crippen LogP contribution < -0.4 is 11.3 Å². The van der Waals surface area contributed by atoms with Crippen LogP contribution in [0.5, 0.6) is 0 Å². The summed E-state index contributed by atoms with van der Waals surface area (Å²) in [5.41, 5.74) is 2.84. The summed E-state index contributed by atoms with van der Waals surface area (Å²) in [6, 6.07) is 5.48. The number of nitrogens with two attached hydrogens (primary N) is 1. The molecule has 0 heterocycles. The Hall–Kier alpha value is -1.64. The highest BCUT2D eigenvalue weighted by Gasteiger charge is 2.14. The van der Waals surface area contributed by atoms with Gasteiger partial charge >= 0.3 is 16.4 Å². The molecule has 0 saturated carbocycles. The number of nitrogens with one attached hydrogen (secondary N) is 1. The highest BCUT2D eigenvalue weighted by molar-refractivity contribution is 7.81. The first-order chi connectivity index (χ1) is 6.92. The van der Waals surface area contributed by atoms with Crippen molar-refractivity contribution in [2.24, 2.45) is 5.84 Å². The Labute approximate surface area is 85.8 Å². The van der Waals surface area contributed by atoms with Crippen LogP contribution in [0.1, 0.15) is 10.4 Å². The van der Waals surface area contributed by atoms with Crippen molar-refractivity contribution in [1.82, 2.24) is 0 Å². The second-order valence-electron chi connectivity index (χ2n) is 2.52. The number of hydrogen-bond acceptors (Lipinski definition) is 6. The lowest BCUT2D eigenvalue weighted by Gasteiger charge is -2.02. The van der Waals surface area contributed by atoms with Crippen LogP contribution in [0.2, 0.25) is 0 Å². The first kappa shape index (κ1) is 11.4. The molecule has 0 atom stereocenters. The summed E-state index contributed by atoms with van der Waals surface area (Å²) >= 11 is 0. The van der Waals surface area contributed by atoms with E-state index in [-0.39, 0.29) is 5.56 Å². The molecule has 0 amide bonds. The van der Waals surface area contributed by atoms with Gasteiger partial charge in [-0.05, 0) is 24.3 Å². The lowest BCUT2D eigenvalue weighted by Crippen LogP contribution is -2.12. The molecule has 1 aromatic carbocycles. The molecule has 8 heteroatoms. The highest BCUT2D eigenvalue weighted by Crippen LogP contribution is 2.09. The van der Waals surface area contributed by atoms with Gasteiger partial charge in [-0.3, -0.25) is 10.4 Å². The molecule has 7 nitrogen and oxygen atoms in total. The third-order valence-electron chi connectivity index (χ3n) is 1.47. The highest BCUT2D eigenvalue weighted by atomic mass is 32.3. The molecule has 0 radical (unpaired) electrons. The molecule has 0 aliphatic heterocycles. The average Bonchev–Trinajstić information content (AvgIpc) is 2.15. The molecule has 0 aliphatic rings. The van der Waals surface area contributed by atoms with Gasteiger partial charge < -0.3 is 9.61 Å². The average molecular weight is 232 g/mol. The standard InChI is InChI=1S/C7H8N2O5S/c8-9-6-3-1-5(2-4-6)7(10)14-15(11,12)13/h1-4,9H,8H2,(H,11,12,13). The molecule has 82 valence electrons. The fourth-order valence-corrected chi connectivity index (χ4v) is 1.13. The molecule has 1 rings (SSSR count). The van der Waals surface area contributed by atoms with Gasteiger partial charge in [-0.1, -0.05) is 0 Å². The van der Waals surface area contributed by atoms with Crippen molar-refractivity contribution in [3.05, 3.63) is 29.8 Å². The molecular weight excluding hydrogens is 224 g/mol. The molecular formula is C7H8N2O5S. The lowest BCUT2D eigenvalue weighted by atomic mass is 10.2. The van der Waals surface area contributed by atoms with Crippen molar-refractivity contribution < 1.29 is 21.9 Å². The summed E-state index contributed by atoms with van der Waals surface area (Å²) in [7, 11) is -4.78. The van der Waals surface area contributed by atoms with Crippen molar-refractivity contribution in [3.8, 4) is 0 Å². The van der Waals surface area contributed by atoms with E-state index in [9.17, 15) is 13.2 Å². The van der Waals surface area contributed by atoms with Crippen LogP contribution >= 0.6 is 0 Å². The number of anilines is 1. The van der Waals surface area contributed by atoms with E-state index in [0.29, 0.717) is 5.69 Å². The molecule has 0 aromatic heterocycles. The normalized spacial score (nSPS) is 10.8. The second-order valence-corrected chi connectivity index (χ2v) is 3.54. The second kappa shape index (κ2) is 4.26. The van der Waals surface area contributed by atoms with Crippen molar-refractivity contribution >= 4 is 22.1 Å². The minimum absolute atomic E-state index is 0.0216. The van der Waals surface area contributed by atoms with Gasteiger partial charge in [0.15, 0.2) is 0 Å². The van der Waals surface area contributed by atoms with E-state index in [0.717, 1.165) is 0 Å². The Balaban J connectivity index is 2.84. The van der Waals surface area contributed by atoms with E-state index in [1.165, 1.54) is 24.3 Å². The van der Waals surface area contributed by atoms with Gasteiger partial charge in [0, 0.05) is 5.69 Å². The van der Waals surface area contributed by atoms with Crippen molar-refractivity contribution in [1.29, 1.82) is 0 Å². The van der Waals surface area contributed by atoms with Gasteiger partial charge in [0.2, 0.25) is 0 Å². The third-order valence-corrected chi connectivity index (χ3v) is 1.83. The van der Waals surface area contributed by atoms with E-state index >= 15 is 0 Å². The van der Waals surface area contributed by atoms with Gasteiger partial charge in [0.05, 0.1) is 5.56 Å². The zero-order valence-corrected chi connectivity index (χ0v) is 8.19. The number of benzene rings is 1. The largest absolute Gasteiger partial charge is 0.449 e. The SMILES string of the molecule is NNc1ccc(C(=O)OS(=O)(=O)O)cc1. The van der Waals surface area contributed by atoms with Crippen molar-refractivity contribution in [2.45, 2.75) is 0 Å². The van der Waals surface area contributed by atoms with Crippen LogP contribution in [0.3, 0.4) is 0 Å². The molecule has 15 heavy (non-hydrogen) atoms. The lowest BCUT2D eigenvalue weighted by molar-refractivity contribution is 0.0727. The Bertz CT molecular complexity index is 453. The Kier molecular flexibility index (Phi) is 3.24. The van der Waals surface area contributed by atoms with Crippen LogP contribution in [0, 0.1) is 0 Å². The zero-order valence-electron chi connectivity index (χ0n) is 7.38. The number of hydrazine groups is 1.